The summed E-state index contributed by atoms with van der Waals surface area (Å²) in [4.78, 5) is 43.2. The lowest BCUT2D eigenvalue weighted by atomic mass is 10.0. The van der Waals surface area contributed by atoms with E-state index in [0.29, 0.717) is 17.0 Å². The van der Waals surface area contributed by atoms with Crippen LogP contribution >= 0.6 is 11.5 Å². The summed E-state index contributed by atoms with van der Waals surface area (Å²) in [5, 5.41) is 2.97. The van der Waals surface area contributed by atoms with Gasteiger partial charge in [0.05, 0.1) is 12.8 Å². The van der Waals surface area contributed by atoms with Gasteiger partial charge in [-0.3, -0.25) is 19.3 Å². The van der Waals surface area contributed by atoms with Gasteiger partial charge in [-0.1, -0.05) is 42.5 Å². The fourth-order valence-corrected chi connectivity index (χ4v) is 4.86. The van der Waals surface area contributed by atoms with E-state index in [1.807, 2.05) is 61.5 Å². The quantitative estimate of drug-likeness (QED) is 0.270. The van der Waals surface area contributed by atoms with Gasteiger partial charge < -0.3 is 26.4 Å². The molecule has 1 heterocycles. The number of methoxy groups -OCH3 is 1. The van der Waals surface area contributed by atoms with Crippen LogP contribution in [0.1, 0.15) is 37.3 Å². The maximum atomic E-state index is 14.2. The Bertz CT molecular complexity index is 1490. The minimum atomic E-state index is -1.10. The Morgan fingerprint density at radius 1 is 0.950 bits per heavy atom. The third-order valence-corrected chi connectivity index (χ3v) is 7.12. The summed E-state index contributed by atoms with van der Waals surface area (Å²) in [6.07, 6.45) is 0. The van der Waals surface area contributed by atoms with Crippen molar-refractivity contribution in [1.29, 1.82) is 0 Å². The van der Waals surface area contributed by atoms with Crippen molar-refractivity contribution < 1.29 is 19.1 Å². The molecular formula is C29H30N6O4S. The van der Waals surface area contributed by atoms with Crippen molar-refractivity contribution in [2.45, 2.75) is 12.6 Å². The Kier molecular flexibility index (Phi) is 8.65. The molecule has 11 heteroatoms. The maximum Gasteiger partial charge on any atom is 0.273 e. The number of nitrogens with two attached hydrogens (primary N) is 2. The Labute approximate surface area is 236 Å². The van der Waals surface area contributed by atoms with E-state index >= 15 is 0 Å². The zero-order valence-corrected chi connectivity index (χ0v) is 23.1. The van der Waals surface area contributed by atoms with E-state index in [-0.39, 0.29) is 22.8 Å². The van der Waals surface area contributed by atoms with E-state index in [0.717, 1.165) is 22.8 Å². The number of benzene rings is 3. The van der Waals surface area contributed by atoms with Gasteiger partial charge in [0.1, 0.15) is 16.7 Å². The normalized spacial score (nSPS) is 11.4. The average molecular weight is 559 g/mol. The molecular weight excluding hydrogens is 528 g/mol. The number of carbonyl (C=O) groups is 3. The molecule has 0 radical (unpaired) electrons. The second kappa shape index (κ2) is 12.3. The minimum Gasteiger partial charge on any atom is -0.497 e. The van der Waals surface area contributed by atoms with Crippen LogP contribution in [-0.2, 0) is 11.3 Å². The molecule has 0 saturated heterocycles. The number of primary amides is 1. The lowest BCUT2D eigenvalue weighted by Gasteiger charge is -2.31. The Morgan fingerprint density at radius 2 is 1.57 bits per heavy atom. The Balaban J connectivity index is 1.84. The molecule has 0 saturated carbocycles. The standard InChI is InChI=1S/C29H30N6O4S/c1-34(2)20-11-9-19(10-12-20)25(28(37)32-17-18-7-5-4-6-8-18)35(21-13-15-22(39-3)16-14-21)29(38)26-23(30)24(27(31)36)33-40-26/h4-16,25H,17,30H2,1-3H3,(H2,31,36)(H,32,37)/t25-/m0/s1. The number of nitrogens with one attached hydrogen (secondary N) is 1. The first kappa shape index (κ1) is 28.1. The number of rotatable bonds is 10. The first-order valence-corrected chi connectivity index (χ1v) is 13.1. The van der Waals surface area contributed by atoms with Gasteiger partial charge in [-0.15, -0.1) is 0 Å². The molecule has 3 aromatic carbocycles. The van der Waals surface area contributed by atoms with Crippen LogP contribution in [-0.4, -0.2) is 43.3 Å². The van der Waals surface area contributed by atoms with Crippen molar-refractivity contribution >= 4 is 46.3 Å². The molecule has 0 aliphatic carbocycles. The molecule has 0 aliphatic heterocycles. The monoisotopic (exact) mass is 558 g/mol. The largest absolute Gasteiger partial charge is 0.497 e. The molecule has 0 unspecified atom stereocenters. The molecule has 206 valence electrons. The summed E-state index contributed by atoms with van der Waals surface area (Å²) in [6, 6.07) is 22.4. The van der Waals surface area contributed by atoms with Crippen LogP contribution < -0.4 is 31.3 Å². The van der Waals surface area contributed by atoms with Crippen LogP contribution in [0.2, 0.25) is 0 Å². The number of hydrogen-bond acceptors (Lipinski definition) is 8. The van der Waals surface area contributed by atoms with Crippen LogP contribution in [0, 0.1) is 0 Å². The number of amides is 3. The SMILES string of the molecule is COc1ccc(N(C(=O)c2snc(C(N)=O)c2N)[C@H](C(=O)NCc2ccccc2)c2ccc(N(C)C)cc2)cc1. The number of hydrogen-bond donors (Lipinski definition) is 3. The van der Waals surface area contributed by atoms with Crippen LogP contribution in [0.15, 0.2) is 78.9 Å². The Morgan fingerprint density at radius 3 is 2.12 bits per heavy atom. The summed E-state index contributed by atoms with van der Waals surface area (Å²) in [7, 11) is 5.36. The third kappa shape index (κ3) is 6.05. The predicted octanol–water partition coefficient (Wildman–Crippen LogP) is 3.60. The molecule has 3 amide bonds. The second-order valence-corrected chi connectivity index (χ2v) is 9.88. The first-order valence-electron chi connectivity index (χ1n) is 12.3. The number of nitrogen functional groups attached to an aromatic ring is 1. The van der Waals surface area contributed by atoms with Crippen LogP contribution in [0.5, 0.6) is 5.75 Å². The van der Waals surface area contributed by atoms with E-state index in [9.17, 15) is 14.4 Å². The number of nitrogens with zero attached hydrogens (tertiary/aromatic N) is 3. The second-order valence-electron chi connectivity index (χ2n) is 9.10. The fourth-order valence-electron chi connectivity index (χ4n) is 4.12. The van der Waals surface area contributed by atoms with Crippen molar-refractivity contribution in [1.82, 2.24) is 9.69 Å². The van der Waals surface area contributed by atoms with Crippen LogP contribution in [0.25, 0.3) is 0 Å². The van der Waals surface area contributed by atoms with Crippen molar-refractivity contribution in [3.8, 4) is 5.75 Å². The highest BCUT2D eigenvalue weighted by atomic mass is 32.1. The number of anilines is 3. The molecule has 5 N–H and O–H groups in total. The van der Waals surface area contributed by atoms with Gasteiger partial charge in [0.25, 0.3) is 11.8 Å². The van der Waals surface area contributed by atoms with Gasteiger partial charge in [0.2, 0.25) is 5.91 Å². The van der Waals surface area contributed by atoms with Crippen molar-refractivity contribution in [3.63, 3.8) is 0 Å². The van der Waals surface area contributed by atoms with Gasteiger partial charge in [-0.05, 0) is 59.1 Å². The number of ether oxygens (including phenoxy) is 1. The number of carbonyl (C=O) groups excluding carboxylic acids is 3. The molecule has 1 atom stereocenters. The maximum absolute atomic E-state index is 14.2. The average Bonchev–Trinajstić information content (AvgIpc) is 3.36. The smallest absolute Gasteiger partial charge is 0.273 e. The molecule has 1 aromatic heterocycles. The zero-order valence-electron chi connectivity index (χ0n) is 22.3. The van der Waals surface area contributed by atoms with Gasteiger partial charge >= 0.3 is 0 Å². The summed E-state index contributed by atoms with van der Waals surface area (Å²) in [6.45, 7) is 0.255. The first-order chi connectivity index (χ1) is 19.2. The predicted molar refractivity (Wildman–Crippen MR) is 157 cm³/mol. The Hall–Kier alpha value is -4.90. The van der Waals surface area contributed by atoms with Crippen molar-refractivity contribution in [2.75, 3.05) is 36.7 Å². The molecule has 4 rings (SSSR count). The molecule has 0 spiro atoms. The zero-order chi connectivity index (χ0) is 28.8. The molecule has 40 heavy (non-hydrogen) atoms. The molecule has 0 bridgehead atoms. The van der Waals surface area contributed by atoms with E-state index in [1.165, 1.54) is 12.0 Å². The summed E-state index contributed by atoms with van der Waals surface area (Å²) in [5.41, 5.74) is 14.0. The molecule has 4 aromatic rings. The van der Waals surface area contributed by atoms with Crippen molar-refractivity contribution in [3.05, 3.63) is 101 Å². The lowest BCUT2D eigenvalue weighted by molar-refractivity contribution is -0.122. The van der Waals surface area contributed by atoms with Gasteiger partial charge in [0, 0.05) is 32.0 Å². The summed E-state index contributed by atoms with van der Waals surface area (Å²) in [5.74, 6) is -1.29. The highest BCUT2D eigenvalue weighted by Crippen LogP contribution is 2.34. The molecule has 0 fully saturated rings. The third-order valence-electron chi connectivity index (χ3n) is 6.27. The van der Waals surface area contributed by atoms with Gasteiger partial charge in [-0.2, -0.15) is 4.37 Å². The fraction of sp³-hybridized carbons (Fsp3) is 0.172. The van der Waals surface area contributed by atoms with Crippen molar-refractivity contribution in [2.24, 2.45) is 5.73 Å². The van der Waals surface area contributed by atoms with Gasteiger partial charge in [0.15, 0.2) is 5.69 Å². The molecule has 10 nitrogen and oxygen atoms in total. The number of aromatic nitrogens is 1. The van der Waals surface area contributed by atoms with E-state index in [2.05, 4.69) is 9.69 Å². The summed E-state index contributed by atoms with van der Waals surface area (Å²) >= 11 is 0.754. The summed E-state index contributed by atoms with van der Waals surface area (Å²) < 4.78 is 9.28. The highest BCUT2D eigenvalue weighted by molar-refractivity contribution is 7.09. The van der Waals surface area contributed by atoms with Crippen LogP contribution in [0.4, 0.5) is 17.1 Å². The minimum absolute atomic E-state index is 0.00427. The highest BCUT2D eigenvalue weighted by Gasteiger charge is 2.36. The molecule has 0 aliphatic rings. The van der Waals surface area contributed by atoms with E-state index < -0.39 is 23.8 Å². The lowest BCUT2D eigenvalue weighted by Crippen LogP contribution is -2.44. The van der Waals surface area contributed by atoms with E-state index in [4.69, 9.17) is 16.2 Å². The topological polar surface area (TPSA) is 144 Å². The van der Waals surface area contributed by atoms with Gasteiger partial charge in [-0.25, -0.2) is 0 Å². The van der Waals surface area contributed by atoms with Crippen LogP contribution in [0.3, 0.4) is 0 Å². The van der Waals surface area contributed by atoms with E-state index in [1.54, 1.807) is 36.4 Å².